The lowest BCUT2D eigenvalue weighted by atomic mass is 10.2. The number of anilines is 1. The first-order chi connectivity index (χ1) is 9.93. The molecule has 2 amide bonds. The molecule has 1 unspecified atom stereocenters. The molecule has 0 aliphatic heterocycles. The number of hydrogen-bond acceptors (Lipinski definition) is 4. The quantitative estimate of drug-likeness (QED) is 0.709. The van der Waals surface area contributed by atoms with E-state index in [4.69, 9.17) is 0 Å². The molecule has 1 aromatic heterocycles. The van der Waals surface area contributed by atoms with Gasteiger partial charge < -0.3 is 16.0 Å². The third kappa shape index (κ3) is 5.81. The molecule has 0 spiro atoms. The fourth-order valence-electron chi connectivity index (χ4n) is 1.62. The van der Waals surface area contributed by atoms with E-state index >= 15 is 0 Å². The van der Waals surface area contributed by atoms with Crippen molar-refractivity contribution >= 4 is 17.6 Å². The van der Waals surface area contributed by atoms with Crippen molar-refractivity contribution in [3.8, 4) is 0 Å². The van der Waals surface area contributed by atoms with Gasteiger partial charge in [-0.1, -0.05) is 13.8 Å². The van der Waals surface area contributed by atoms with Crippen molar-refractivity contribution in [3.05, 3.63) is 23.9 Å². The molecule has 1 heterocycles. The van der Waals surface area contributed by atoms with Gasteiger partial charge in [0.05, 0.1) is 5.56 Å². The molecule has 0 radical (unpaired) electrons. The zero-order chi connectivity index (χ0) is 15.8. The summed E-state index contributed by atoms with van der Waals surface area (Å²) >= 11 is 0. The Bertz CT molecular complexity index is 471. The van der Waals surface area contributed by atoms with Crippen LogP contribution in [-0.4, -0.2) is 35.9 Å². The lowest BCUT2D eigenvalue weighted by molar-refractivity contribution is -0.122. The first-order valence-electron chi connectivity index (χ1n) is 7.22. The number of nitrogens with one attached hydrogen (secondary N) is 3. The highest BCUT2D eigenvalue weighted by atomic mass is 16.2. The first kappa shape index (κ1) is 16.9. The van der Waals surface area contributed by atoms with Gasteiger partial charge in [-0.25, -0.2) is 4.98 Å². The van der Waals surface area contributed by atoms with Crippen molar-refractivity contribution < 1.29 is 9.59 Å². The monoisotopic (exact) mass is 292 g/mol. The van der Waals surface area contributed by atoms with Gasteiger partial charge in [0.25, 0.3) is 5.91 Å². The van der Waals surface area contributed by atoms with Crippen LogP contribution in [0.15, 0.2) is 18.3 Å². The molecule has 116 valence electrons. The van der Waals surface area contributed by atoms with Gasteiger partial charge in [-0.15, -0.1) is 0 Å². The Hall–Kier alpha value is -2.11. The second kappa shape index (κ2) is 8.24. The predicted molar refractivity (Wildman–Crippen MR) is 83.2 cm³/mol. The number of hydrogen-bond donors (Lipinski definition) is 3. The normalized spacial score (nSPS) is 11.9. The second-order valence-corrected chi connectivity index (χ2v) is 5.30. The molecule has 21 heavy (non-hydrogen) atoms. The van der Waals surface area contributed by atoms with Crippen LogP contribution in [0, 0.1) is 5.92 Å². The molecule has 1 rings (SSSR count). The van der Waals surface area contributed by atoms with E-state index in [9.17, 15) is 9.59 Å². The van der Waals surface area contributed by atoms with Crippen LogP contribution in [0.5, 0.6) is 0 Å². The van der Waals surface area contributed by atoms with Crippen LogP contribution in [0.4, 0.5) is 5.82 Å². The zero-order valence-electron chi connectivity index (χ0n) is 13.1. The summed E-state index contributed by atoms with van der Waals surface area (Å²) in [5.74, 6) is 0.600. The average molecular weight is 292 g/mol. The van der Waals surface area contributed by atoms with Crippen molar-refractivity contribution in [1.29, 1.82) is 0 Å². The minimum absolute atomic E-state index is 0.186. The summed E-state index contributed by atoms with van der Waals surface area (Å²) in [6.45, 7) is 9.03. The molecule has 0 bridgehead atoms. The van der Waals surface area contributed by atoms with Crippen LogP contribution in [0.25, 0.3) is 0 Å². The number of nitrogens with zero attached hydrogens (tertiary/aromatic N) is 1. The number of rotatable bonds is 7. The third-order valence-corrected chi connectivity index (χ3v) is 2.81. The predicted octanol–water partition coefficient (Wildman–Crippen LogP) is 1.40. The van der Waals surface area contributed by atoms with Gasteiger partial charge in [-0.2, -0.15) is 0 Å². The van der Waals surface area contributed by atoms with E-state index in [2.05, 4.69) is 20.9 Å². The lowest BCUT2D eigenvalue weighted by Crippen LogP contribution is -2.45. The summed E-state index contributed by atoms with van der Waals surface area (Å²) in [6.07, 6.45) is 1.49. The highest BCUT2D eigenvalue weighted by Crippen LogP contribution is 2.05. The summed E-state index contributed by atoms with van der Waals surface area (Å²) < 4.78 is 0. The summed E-state index contributed by atoms with van der Waals surface area (Å²) in [5.41, 5.74) is 0.431. The highest BCUT2D eigenvalue weighted by Gasteiger charge is 2.16. The van der Waals surface area contributed by atoms with Gasteiger partial charge in [0.1, 0.15) is 11.9 Å². The second-order valence-electron chi connectivity index (χ2n) is 5.30. The molecule has 1 atom stereocenters. The molecule has 6 nitrogen and oxygen atoms in total. The first-order valence-corrected chi connectivity index (χ1v) is 7.22. The van der Waals surface area contributed by atoms with E-state index in [-0.39, 0.29) is 11.8 Å². The smallest absolute Gasteiger partial charge is 0.253 e. The van der Waals surface area contributed by atoms with Gasteiger partial charge in [0.2, 0.25) is 5.91 Å². The van der Waals surface area contributed by atoms with Crippen LogP contribution in [0.3, 0.4) is 0 Å². The zero-order valence-corrected chi connectivity index (χ0v) is 13.1. The maximum Gasteiger partial charge on any atom is 0.253 e. The Morgan fingerprint density at radius 1 is 1.24 bits per heavy atom. The molecule has 0 aliphatic carbocycles. The van der Waals surface area contributed by atoms with E-state index in [1.54, 1.807) is 19.1 Å². The molecule has 3 N–H and O–H groups in total. The molecule has 0 aromatic carbocycles. The van der Waals surface area contributed by atoms with Crippen molar-refractivity contribution in [2.45, 2.75) is 33.7 Å². The average Bonchev–Trinajstić information content (AvgIpc) is 2.45. The van der Waals surface area contributed by atoms with E-state index in [0.717, 1.165) is 12.4 Å². The summed E-state index contributed by atoms with van der Waals surface area (Å²) in [4.78, 5) is 27.9. The largest absolute Gasteiger partial charge is 0.370 e. The van der Waals surface area contributed by atoms with Gasteiger partial charge >= 0.3 is 0 Å². The molecule has 1 aromatic rings. The number of aromatic nitrogens is 1. The fraction of sp³-hybridized carbons (Fsp3) is 0.533. The molecule has 0 aliphatic rings. The standard InChI is InChI=1S/C15H24N4O2/c1-5-16-13-7-6-12(9-17-13)15(21)19-11(4)14(20)18-8-10(2)3/h6-7,9-11H,5,8H2,1-4H3,(H,16,17)(H,18,20)(H,19,21). The number of amides is 2. The Kier molecular flexibility index (Phi) is 6.65. The van der Waals surface area contributed by atoms with E-state index < -0.39 is 6.04 Å². The van der Waals surface area contributed by atoms with Gasteiger partial charge in [0, 0.05) is 19.3 Å². The number of pyridine rings is 1. The molecule has 6 heteroatoms. The van der Waals surface area contributed by atoms with Crippen molar-refractivity contribution in [2.75, 3.05) is 18.4 Å². The summed E-state index contributed by atoms with van der Waals surface area (Å²) in [5, 5.41) is 8.50. The molecule has 0 fully saturated rings. The maximum absolute atomic E-state index is 12.0. The van der Waals surface area contributed by atoms with Crippen LogP contribution in [0.2, 0.25) is 0 Å². The van der Waals surface area contributed by atoms with E-state index in [1.165, 1.54) is 6.20 Å². The van der Waals surface area contributed by atoms with Crippen molar-refractivity contribution in [3.63, 3.8) is 0 Å². The van der Waals surface area contributed by atoms with E-state index in [1.807, 2.05) is 20.8 Å². The lowest BCUT2D eigenvalue weighted by Gasteiger charge is -2.15. The minimum atomic E-state index is -0.579. The Morgan fingerprint density at radius 3 is 2.48 bits per heavy atom. The third-order valence-electron chi connectivity index (χ3n) is 2.81. The van der Waals surface area contributed by atoms with Gasteiger partial charge in [0.15, 0.2) is 0 Å². The van der Waals surface area contributed by atoms with Crippen LogP contribution < -0.4 is 16.0 Å². The topological polar surface area (TPSA) is 83.1 Å². The molecular formula is C15H24N4O2. The van der Waals surface area contributed by atoms with Gasteiger partial charge in [-0.05, 0) is 31.9 Å². The van der Waals surface area contributed by atoms with Crippen LogP contribution >= 0.6 is 0 Å². The maximum atomic E-state index is 12.0. The van der Waals surface area contributed by atoms with Crippen molar-refractivity contribution in [1.82, 2.24) is 15.6 Å². The SMILES string of the molecule is CCNc1ccc(C(=O)NC(C)C(=O)NCC(C)C)cn1. The van der Waals surface area contributed by atoms with E-state index in [0.29, 0.717) is 18.0 Å². The molecule has 0 saturated carbocycles. The molecular weight excluding hydrogens is 268 g/mol. The highest BCUT2D eigenvalue weighted by molar-refractivity contribution is 5.97. The summed E-state index contributed by atoms with van der Waals surface area (Å²) in [6, 6.07) is 2.84. The number of carbonyl (C=O) groups is 2. The van der Waals surface area contributed by atoms with Gasteiger partial charge in [-0.3, -0.25) is 9.59 Å². The fourth-order valence-corrected chi connectivity index (χ4v) is 1.62. The Labute approximate surface area is 125 Å². The Morgan fingerprint density at radius 2 is 1.95 bits per heavy atom. The van der Waals surface area contributed by atoms with Crippen LogP contribution in [0.1, 0.15) is 38.1 Å². The van der Waals surface area contributed by atoms with Crippen molar-refractivity contribution in [2.24, 2.45) is 5.92 Å². The van der Waals surface area contributed by atoms with Crippen LogP contribution in [-0.2, 0) is 4.79 Å². The summed E-state index contributed by atoms with van der Waals surface area (Å²) in [7, 11) is 0. The molecule has 0 saturated heterocycles. The number of carbonyl (C=O) groups excluding carboxylic acids is 2. The minimum Gasteiger partial charge on any atom is -0.370 e. The Balaban J connectivity index is 2.53.